The number of halogens is 1. The zero-order valence-corrected chi connectivity index (χ0v) is 11.8. The molecule has 1 N–H and O–H groups in total. The Bertz CT molecular complexity index is 252. The van der Waals surface area contributed by atoms with E-state index >= 15 is 0 Å². The van der Waals surface area contributed by atoms with Gasteiger partial charge in [-0.25, -0.2) is 0 Å². The summed E-state index contributed by atoms with van der Waals surface area (Å²) in [6, 6.07) is 0.506. The number of nitrogens with zero attached hydrogens (tertiary/aromatic N) is 1. The van der Waals surface area contributed by atoms with E-state index in [1.165, 1.54) is 12.8 Å². The van der Waals surface area contributed by atoms with E-state index in [2.05, 4.69) is 24.1 Å². The Hall–Kier alpha value is -0.280. The smallest absolute Gasteiger partial charge is 0.225 e. The van der Waals surface area contributed by atoms with Crippen LogP contribution in [0, 0.1) is 11.8 Å². The Morgan fingerprint density at radius 1 is 1.18 bits per heavy atom. The Kier molecular flexibility index (Phi) is 5.74. The first-order valence-electron chi connectivity index (χ1n) is 6.69. The van der Waals surface area contributed by atoms with E-state index in [1.54, 1.807) is 0 Å². The molecule has 0 aliphatic carbocycles. The highest BCUT2D eigenvalue weighted by Crippen LogP contribution is 2.22. The van der Waals surface area contributed by atoms with E-state index in [1.807, 2.05) is 0 Å². The summed E-state index contributed by atoms with van der Waals surface area (Å²) in [5.74, 6) is 1.50. The third kappa shape index (κ3) is 3.85. The Morgan fingerprint density at radius 3 is 2.41 bits per heavy atom. The first-order chi connectivity index (χ1) is 7.66. The van der Waals surface area contributed by atoms with Crippen molar-refractivity contribution in [1.82, 2.24) is 10.2 Å². The van der Waals surface area contributed by atoms with Crippen molar-refractivity contribution < 1.29 is 4.79 Å². The molecule has 4 heteroatoms. The number of nitrogens with one attached hydrogen (secondary N) is 1. The lowest BCUT2D eigenvalue weighted by molar-refractivity contribution is -0.138. The first kappa shape index (κ1) is 14.8. The second kappa shape index (κ2) is 6.60. The third-order valence-electron chi connectivity index (χ3n) is 4.07. The van der Waals surface area contributed by atoms with E-state index in [9.17, 15) is 4.79 Å². The van der Waals surface area contributed by atoms with Crippen LogP contribution in [0.2, 0.25) is 0 Å². The molecule has 2 atom stereocenters. The maximum Gasteiger partial charge on any atom is 0.225 e. The molecule has 0 aromatic rings. The Morgan fingerprint density at radius 2 is 1.82 bits per heavy atom. The summed E-state index contributed by atoms with van der Waals surface area (Å²) in [7, 11) is 0. The maximum atomic E-state index is 12.3. The van der Waals surface area contributed by atoms with Gasteiger partial charge in [0.25, 0.3) is 0 Å². The molecule has 2 fully saturated rings. The Balaban J connectivity index is 0.00000144. The number of likely N-dealkylation sites (tertiary alicyclic amines) is 1. The van der Waals surface area contributed by atoms with Crippen LogP contribution in [0.4, 0.5) is 0 Å². The summed E-state index contributed by atoms with van der Waals surface area (Å²) >= 11 is 0. The van der Waals surface area contributed by atoms with Crippen molar-refractivity contribution in [2.45, 2.75) is 45.6 Å². The van der Waals surface area contributed by atoms with Crippen molar-refractivity contribution in [3.63, 3.8) is 0 Å². The summed E-state index contributed by atoms with van der Waals surface area (Å²) < 4.78 is 0. The lowest BCUT2D eigenvalue weighted by Crippen LogP contribution is -2.46. The van der Waals surface area contributed by atoms with Crippen molar-refractivity contribution in [2.24, 2.45) is 11.8 Å². The van der Waals surface area contributed by atoms with Crippen LogP contribution in [0.15, 0.2) is 0 Å². The monoisotopic (exact) mass is 260 g/mol. The normalized spacial score (nSPS) is 30.8. The number of piperidine rings is 2. The van der Waals surface area contributed by atoms with Gasteiger partial charge in [0, 0.05) is 25.0 Å². The van der Waals surface area contributed by atoms with Gasteiger partial charge in [-0.05, 0) is 45.1 Å². The summed E-state index contributed by atoms with van der Waals surface area (Å²) in [4.78, 5) is 14.4. The number of hydrogen-bond donors (Lipinski definition) is 1. The highest BCUT2D eigenvalue weighted by Gasteiger charge is 2.29. The highest BCUT2D eigenvalue weighted by atomic mass is 35.5. The van der Waals surface area contributed by atoms with E-state index in [-0.39, 0.29) is 18.3 Å². The molecule has 100 valence electrons. The molecule has 17 heavy (non-hydrogen) atoms. The fourth-order valence-electron chi connectivity index (χ4n) is 2.84. The molecular weight excluding hydrogens is 236 g/mol. The fraction of sp³-hybridized carbons (Fsp3) is 0.923. The molecule has 2 aliphatic rings. The molecule has 0 bridgehead atoms. The number of carbonyl (C=O) groups is 1. The summed E-state index contributed by atoms with van der Waals surface area (Å²) in [6.07, 6.45) is 4.42. The molecule has 2 saturated heterocycles. The van der Waals surface area contributed by atoms with Gasteiger partial charge in [-0.1, -0.05) is 6.92 Å². The van der Waals surface area contributed by atoms with Gasteiger partial charge < -0.3 is 10.2 Å². The summed E-state index contributed by atoms with van der Waals surface area (Å²) in [6.45, 7) is 7.44. The van der Waals surface area contributed by atoms with Crippen molar-refractivity contribution in [3.05, 3.63) is 0 Å². The van der Waals surface area contributed by atoms with Crippen LogP contribution in [0.3, 0.4) is 0 Å². The average Bonchev–Trinajstić information content (AvgIpc) is 2.29. The van der Waals surface area contributed by atoms with Crippen LogP contribution in [0.5, 0.6) is 0 Å². The van der Waals surface area contributed by atoms with Gasteiger partial charge in [0.1, 0.15) is 0 Å². The number of hydrogen-bond acceptors (Lipinski definition) is 2. The predicted molar refractivity (Wildman–Crippen MR) is 72.4 cm³/mol. The molecule has 0 spiro atoms. The van der Waals surface area contributed by atoms with Crippen LogP contribution in [-0.2, 0) is 4.79 Å². The van der Waals surface area contributed by atoms with E-state index in [0.29, 0.717) is 11.9 Å². The largest absolute Gasteiger partial charge is 0.342 e. The predicted octanol–water partition coefficient (Wildman–Crippen LogP) is 2.05. The average molecular weight is 261 g/mol. The molecule has 2 aliphatic heterocycles. The number of amides is 1. The molecule has 0 saturated carbocycles. The van der Waals surface area contributed by atoms with Crippen molar-refractivity contribution in [1.29, 1.82) is 0 Å². The SMILES string of the molecule is CC1CCN(C(=O)[C@H]2CCN[C@@H](C)C2)CC1.Cl. The number of carbonyl (C=O) groups excluding carboxylic acids is 1. The van der Waals surface area contributed by atoms with Gasteiger partial charge in [-0.2, -0.15) is 0 Å². The van der Waals surface area contributed by atoms with Crippen LogP contribution < -0.4 is 5.32 Å². The first-order valence-corrected chi connectivity index (χ1v) is 6.69. The molecular formula is C13H25ClN2O. The standard InChI is InChI=1S/C13H24N2O.ClH/c1-10-4-7-15(8-5-10)13(16)12-3-6-14-11(2)9-12;/h10-12,14H,3-9H2,1-2H3;1H/t11-,12-;/m0./s1. The zero-order chi connectivity index (χ0) is 11.5. The lowest BCUT2D eigenvalue weighted by Gasteiger charge is -2.35. The molecule has 1 amide bonds. The molecule has 2 heterocycles. The molecule has 2 rings (SSSR count). The van der Waals surface area contributed by atoms with Crippen LogP contribution in [-0.4, -0.2) is 36.5 Å². The van der Waals surface area contributed by atoms with E-state index < -0.39 is 0 Å². The second-order valence-corrected chi connectivity index (χ2v) is 5.58. The van der Waals surface area contributed by atoms with Crippen LogP contribution in [0.1, 0.15) is 39.5 Å². The van der Waals surface area contributed by atoms with Gasteiger partial charge in [0.2, 0.25) is 5.91 Å². The van der Waals surface area contributed by atoms with Gasteiger partial charge in [0.05, 0.1) is 0 Å². The van der Waals surface area contributed by atoms with Crippen LogP contribution >= 0.6 is 12.4 Å². The summed E-state index contributed by atoms with van der Waals surface area (Å²) in [5.41, 5.74) is 0. The van der Waals surface area contributed by atoms with Crippen LogP contribution in [0.25, 0.3) is 0 Å². The second-order valence-electron chi connectivity index (χ2n) is 5.58. The lowest BCUT2D eigenvalue weighted by atomic mass is 9.90. The summed E-state index contributed by atoms with van der Waals surface area (Å²) in [5, 5.41) is 3.41. The minimum Gasteiger partial charge on any atom is -0.342 e. The molecule has 0 unspecified atom stereocenters. The molecule has 3 nitrogen and oxygen atoms in total. The Labute approximate surface area is 111 Å². The van der Waals surface area contributed by atoms with Crippen molar-refractivity contribution >= 4 is 18.3 Å². The van der Waals surface area contributed by atoms with E-state index in [0.717, 1.165) is 38.4 Å². The fourth-order valence-corrected chi connectivity index (χ4v) is 2.84. The van der Waals surface area contributed by atoms with Gasteiger partial charge in [0.15, 0.2) is 0 Å². The highest BCUT2D eigenvalue weighted by molar-refractivity contribution is 5.85. The molecule has 0 radical (unpaired) electrons. The number of rotatable bonds is 1. The quantitative estimate of drug-likeness (QED) is 0.783. The van der Waals surface area contributed by atoms with Crippen molar-refractivity contribution in [3.8, 4) is 0 Å². The topological polar surface area (TPSA) is 32.3 Å². The third-order valence-corrected chi connectivity index (χ3v) is 4.07. The zero-order valence-electron chi connectivity index (χ0n) is 10.9. The minimum absolute atomic E-state index is 0. The molecule has 0 aromatic carbocycles. The maximum absolute atomic E-state index is 12.3. The van der Waals surface area contributed by atoms with E-state index in [4.69, 9.17) is 0 Å². The van der Waals surface area contributed by atoms with Crippen molar-refractivity contribution in [2.75, 3.05) is 19.6 Å². The van der Waals surface area contributed by atoms with Gasteiger partial charge >= 0.3 is 0 Å². The van der Waals surface area contributed by atoms with Gasteiger partial charge in [-0.15, -0.1) is 12.4 Å². The minimum atomic E-state index is 0. The molecule has 0 aromatic heterocycles. The van der Waals surface area contributed by atoms with Gasteiger partial charge in [-0.3, -0.25) is 4.79 Å².